The van der Waals surface area contributed by atoms with E-state index in [-0.39, 0.29) is 0 Å². The third kappa shape index (κ3) is 1.74. The van der Waals surface area contributed by atoms with Crippen molar-refractivity contribution in [3.63, 3.8) is 0 Å². The molecule has 0 aliphatic heterocycles. The van der Waals surface area contributed by atoms with E-state index < -0.39 is 0 Å². The number of rotatable bonds is 1. The average molecular weight is 53.1 g/mol. The van der Waals surface area contributed by atoms with Crippen LogP contribution in [0, 0.1) is 13.5 Å². The molecule has 0 heterocycles. The fourth-order valence-electron chi connectivity index (χ4n) is 0. The lowest BCUT2D eigenvalue weighted by Crippen LogP contribution is -1.38. The lowest BCUT2D eigenvalue weighted by atomic mass is 10.5. The van der Waals surface area contributed by atoms with E-state index in [1.807, 2.05) is 0 Å². The van der Waals surface area contributed by atoms with Crippen LogP contribution in [0.2, 0.25) is 0 Å². The van der Waals surface area contributed by atoms with E-state index in [1.54, 1.807) is 0 Å². The molecule has 0 fully saturated rings. The smallest absolute Gasteiger partial charge is 0.0311 e. The van der Waals surface area contributed by atoms with Gasteiger partial charge in [-0.1, -0.05) is 12.7 Å². The predicted molar refractivity (Wildman–Crippen MR) is 17.8 cm³/mol. The topological polar surface area (TPSA) is 0 Å². The van der Waals surface area contributed by atoms with Crippen molar-refractivity contribution in [3.05, 3.63) is 19.6 Å². The van der Waals surface area contributed by atoms with E-state index >= 15 is 0 Å². The molecule has 0 aromatic carbocycles. The summed E-state index contributed by atoms with van der Waals surface area (Å²) in [6, 6.07) is 0. The minimum atomic E-state index is 0.472. The molecule has 0 aromatic rings. The largest absolute Gasteiger partial charge is 0.0843 e. The minimum Gasteiger partial charge on any atom is -0.0843 e. The molecule has 3 radical (unpaired) electrons. The highest BCUT2D eigenvalue weighted by atomic mass is 13.5. The average Bonchev–Trinajstić information content (AvgIpc) is 1.37. The molecule has 0 aromatic heterocycles. The highest BCUT2D eigenvalue weighted by Gasteiger charge is 1.46. The monoisotopic (exact) mass is 53.0 g/mol. The molecule has 0 heteroatoms. The summed E-state index contributed by atoms with van der Waals surface area (Å²) in [5, 5.41) is 0. The first-order chi connectivity index (χ1) is 1.91. The summed E-state index contributed by atoms with van der Waals surface area (Å²) in [5.41, 5.74) is 0. The molecule has 0 aliphatic rings. The van der Waals surface area contributed by atoms with Gasteiger partial charge < -0.3 is 0 Å². The second kappa shape index (κ2) is 2.74. The molecule has 0 N–H and O–H groups in total. The zero-order valence-electron chi connectivity index (χ0n) is 2.44. The predicted octanol–water partition coefficient (Wildman–Crippen LogP) is 1.08. The van der Waals surface area contributed by atoms with Gasteiger partial charge in [0.1, 0.15) is 0 Å². The summed E-state index contributed by atoms with van der Waals surface area (Å²) in [6.45, 7) is 9.62. The van der Waals surface area contributed by atoms with Crippen molar-refractivity contribution in [2.75, 3.05) is 0 Å². The van der Waals surface area contributed by atoms with Crippen LogP contribution in [0.3, 0.4) is 0 Å². The summed E-state index contributed by atoms with van der Waals surface area (Å²) in [6.07, 6.45) is 1.88. The van der Waals surface area contributed by atoms with E-state index in [1.165, 1.54) is 6.08 Å². The van der Waals surface area contributed by atoms with Gasteiger partial charge in [0, 0.05) is 0 Å². The van der Waals surface area contributed by atoms with Crippen molar-refractivity contribution in [1.82, 2.24) is 0 Å². The summed E-state index contributed by atoms with van der Waals surface area (Å²) < 4.78 is 0. The third-order valence-electron chi connectivity index (χ3n) is 0.136. The molecule has 0 unspecified atom stereocenters. The molecule has 0 atom stereocenters. The first-order valence-corrected chi connectivity index (χ1v) is 1.15. The number of hydrogen-bond donors (Lipinski definition) is 0. The van der Waals surface area contributed by atoms with E-state index in [0.717, 1.165) is 0 Å². The normalized spacial score (nSPS) is 6.25. The van der Waals surface area contributed by atoms with Crippen LogP contribution in [0.5, 0.6) is 0 Å². The fraction of sp³-hybridized carbons (Fsp3) is 0.250. The molecule has 0 rings (SSSR count). The first kappa shape index (κ1) is 3.74. The zero-order valence-corrected chi connectivity index (χ0v) is 2.44. The zero-order chi connectivity index (χ0) is 3.41. The summed E-state index contributed by atoms with van der Waals surface area (Å²) in [7, 11) is 0. The van der Waals surface area contributed by atoms with E-state index in [0.29, 0.717) is 6.42 Å². The van der Waals surface area contributed by atoms with Crippen molar-refractivity contribution < 1.29 is 0 Å². The molecule has 0 aliphatic carbocycles. The molecular formula is C4H5. The highest BCUT2D eigenvalue weighted by molar-refractivity contribution is 4.61. The van der Waals surface area contributed by atoms with Crippen LogP contribution in [0.15, 0.2) is 6.08 Å². The Balaban J connectivity index is 2.30. The Kier molecular flexibility index (Phi) is 2.56. The Bertz CT molecular complexity index is 14.0. The molecule has 0 saturated carbocycles. The van der Waals surface area contributed by atoms with Gasteiger partial charge in [0.2, 0.25) is 0 Å². The van der Waals surface area contributed by atoms with Crippen LogP contribution in [-0.4, -0.2) is 0 Å². The first-order valence-electron chi connectivity index (χ1n) is 1.15. The molecule has 0 spiro atoms. The van der Waals surface area contributed by atoms with Gasteiger partial charge in [-0.15, -0.1) is 0 Å². The fourth-order valence-corrected chi connectivity index (χ4v) is 0. The van der Waals surface area contributed by atoms with Crippen LogP contribution in [0.25, 0.3) is 0 Å². The van der Waals surface area contributed by atoms with Crippen molar-refractivity contribution in [1.29, 1.82) is 0 Å². The lowest BCUT2D eigenvalue weighted by Gasteiger charge is -1.56. The molecule has 0 nitrogen and oxygen atoms in total. The van der Waals surface area contributed by atoms with Crippen LogP contribution in [-0.2, 0) is 0 Å². The SMILES string of the molecule is [CH]CC=[CH]. The maximum Gasteiger partial charge on any atom is -0.0311 e. The van der Waals surface area contributed by atoms with Crippen LogP contribution in [0.1, 0.15) is 6.42 Å². The van der Waals surface area contributed by atoms with Gasteiger partial charge in [-0.2, -0.15) is 0 Å². The maximum absolute atomic E-state index is 4.85. The summed E-state index contributed by atoms with van der Waals surface area (Å²) in [5.74, 6) is 0. The Hall–Kier alpha value is -0.260. The van der Waals surface area contributed by atoms with Crippen LogP contribution >= 0.6 is 0 Å². The molecular weight excluding hydrogens is 48.0 g/mol. The molecule has 4 heavy (non-hydrogen) atoms. The van der Waals surface area contributed by atoms with Gasteiger partial charge in [0.25, 0.3) is 0 Å². The van der Waals surface area contributed by atoms with Crippen LogP contribution < -0.4 is 0 Å². The van der Waals surface area contributed by atoms with E-state index in [9.17, 15) is 0 Å². The Morgan fingerprint density at radius 2 is 2.00 bits per heavy atom. The Morgan fingerprint density at radius 3 is 2.00 bits per heavy atom. The van der Waals surface area contributed by atoms with Gasteiger partial charge in [-0.05, 0) is 13.3 Å². The molecule has 0 bridgehead atoms. The van der Waals surface area contributed by atoms with Gasteiger partial charge in [0.15, 0.2) is 0 Å². The molecule has 0 saturated heterocycles. The molecule has 0 amide bonds. The Morgan fingerprint density at radius 1 is 1.75 bits per heavy atom. The lowest BCUT2D eigenvalue weighted by molar-refractivity contribution is 1.41. The second-order valence-electron chi connectivity index (χ2n) is 0.471. The minimum absolute atomic E-state index is 0.472. The van der Waals surface area contributed by atoms with Gasteiger partial charge in [-0.3, -0.25) is 0 Å². The quantitative estimate of drug-likeness (QED) is 0.419. The van der Waals surface area contributed by atoms with Crippen molar-refractivity contribution in [2.45, 2.75) is 6.42 Å². The van der Waals surface area contributed by atoms with Gasteiger partial charge >= 0.3 is 0 Å². The maximum atomic E-state index is 4.85. The third-order valence-corrected chi connectivity index (χ3v) is 0.136. The summed E-state index contributed by atoms with van der Waals surface area (Å²) in [4.78, 5) is 0. The van der Waals surface area contributed by atoms with E-state index in [2.05, 4.69) is 0 Å². The number of hydrogen-bond acceptors (Lipinski definition) is 0. The van der Waals surface area contributed by atoms with Crippen molar-refractivity contribution in [3.8, 4) is 0 Å². The number of allylic oxidation sites excluding steroid dienone is 1. The van der Waals surface area contributed by atoms with Crippen molar-refractivity contribution in [2.24, 2.45) is 0 Å². The Labute approximate surface area is 27.1 Å². The van der Waals surface area contributed by atoms with Crippen molar-refractivity contribution >= 4 is 0 Å². The second-order valence-corrected chi connectivity index (χ2v) is 0.471. The van der Waals surface area contributed by atoms with E-state index in [4.69, 9.17) is 13.5 Å². The van der Waals surface area contributed by atoms with Crippen LogP contribution in [0.4, 0.5) is 0 Å². The molecule has 21 valence electrons. The standard InChI is InChI=1S/C4H5/c1-3-4-2/h1-3H,4H2. The van der Waals surface area contributed by atoms with Gasteiger partial charge in [0.05, 0.1) is 0 Å². The highest BCUT2D eigenvalue weighted by Crippen LogP contribution is 1.64. The summed E-state index contributed by atoms with van der Waals surface area (Å²) >= 11 is 0. The van der Waals surface area contributed by atoms with Gasteiger partial charge in [-0.25, -0.2) is 0 Å².